The van der Waals surface area contributed by atoms with Crippen molar-refractivity contribution in [2.75, 3.05) is 13.2 Å². The summed E-state index contributed by atoms with van der Waals surface area (Å²) < 4.78 is 11.2. The van der Waals surface area contributed by atoms with Crippen LogP contribution in [0.15, 0.2) is 18.2 Å². The van der Waals surface area contributed by atoms with E-state index >= 15 is 0 Å². The number of carbonyl (C=O) groups is 1. The van der Waals surface area contributed by atoms with Crippen molar-refractivity contribution in [3.8, 4) is 11.5 Å². The first-order valence-electron chi connectivity index (χ1n) is 10.4. The quantitative estimate of drug-likeness (QED) is 0.760. The lowest BCUT2D eigenvalue weighted by molar-refractivity contribution is -0.135. The molecule has 0 saturated heterocycles. The molecule has 0 N–H and O–H groups in total. The number of aryl methyl sites for hydroxylation is 1. The second-order valence-corrected chi connectivity index (χ2v) is 8.09. The summed E-state index contributed by atoms with van der Waals surface area (Å²) in [6, 6.07) is 7.08. The van der Waals surface area contributed by atoms with Gasteiger partial charge in [-0.15, -0.1) is 0 Å². The van der Waals surface area contributed by atoms with Gasteiger partial charge in [0.05, 0.1) is 0 Å². The number of carbonyl (C=O) groups excluding carboxylic acids is 1. The zero-order valence-corrected chi connectivity index (χ0v) is 15.9. The molecular weight excluding hydrogens is 326 g/mol. The zero-order valence-electron chi connectivity index (χ0n) is 15.9. The van der Waals surface area contributed by atoms with E-state index in [1.165, 1.54) is 44.9 Å². The summed E-state index contributed by atoms with van der Waals surface area (Å²) >= 11 is 0. The Kier molecular flexibility index (Phi) is 5.37. The van der Waals surface area contributed by atoms with Crippen molar-refractivity contribution in [1.29, 1.82) is 0 Å². The maximum absolute atomic E-state index is 13.0. The van der Waals surface area contributed by atoms with E-state index in [-0.39, 0.29) is 0 Å². The maximum atomic E-state index is 13.0. The van der Waals surface area contributed by atoms with Gasteiger partial charge < -0.3 is 14.4 Å². The van der Waals surface area contributed by atoms with Gasteiger partial charge in [0.1, 0.15) is 13.2 Å². The molecule has 1 amide bonds. The van der Waals surface area contributed by atoms with Crippen LogP contribution in [0.4, 0.5) is 0 Å². The zero-order chi connectivity index (χ0) is 17.9. The molecule has 1 heterocycles. The standard InChI is InChI=1S/C22H31NO3/c1-2-16-3-7-18(8-4-16)23(19-9-10-19)22(24)12-6-17-5-11-20-21(15-17)26-14-13-25-20/h5,11,15-16,18-19H,2-4,6-10,12-14H2,1H3. The second kappa shape index (κ2) is 7.89. The second-order valence-electron chi connectivity index (χ2n) is 8.09. The van der Waals surface area contributed by atoms with Crippen LogP contribution in [0.25, 0.3) is 0 Å². The number of hydrogen-bond donors (Lipinski definition) is 0. The van der Waals surface area contributed by atoms with Gasteiger partial charge in [0.15, 0.2) is 11.5 Å². The molecule has 4 heteroatoms. The normalized spacial score (nSPS) is 25.0. The van der Waals surface area contributed by atoms with Crippen LogP contribution in [0, 0.1) is 5.92 Å². The molecule has 0 radical (unpaired) electrons. The van der Waals surface area contributed by atoms with Crippen molar-refractivity contribution in [3.05, 3.63) is 23.8 Å². The first-order chi connectivity index (χ1) is 12.7. The lowest BCUT2D eigenvalue weighted by Crippen LogP contribution is -2.44. The third-order valence-electron chi connectivity index (χ3n) is 6.25. The highest BCUT2D eigenvalue weighted by molar-refractivity contribution is 5.77. The van der Waals surface area contributed by atoms with Crippen LogP contribution in [0.1, 0.15) is 63.9 Å². The summed E-state index contributed by atoms with van der Waals surface area (Å²) in [5, 5.41) is 0. The third kappa shape index (κ3) is 3.99. The van der Waals surface area contributed by atoms with Crippen molar-refractivity contribution in [1.82, 2.24) is 4.90 Å². The lowest BCUT2D eigenvalue weighted by atomic mass is 9.83. The predicted molar refractivity (Wildman–Crippen MR) is 102 cm³/mol. The number of fused-ring (bicyclic) bond motifs is 1. The van der Waals surface area contributed by atoms with Crippen LogP contribution < -0.4 is 9.47 Å². The van der Waals surface area contributed by atoms with E-state index in [0.717, 1.165) is 29.4 Å². The Morgan fingerprint density at radius 2 is 1.65 bits per heavy atom. The molecule has 1 aliphatic heterocycles. The SMILES string of the molecule is CCC1CCC(N(C(=O)CCc2ccc3c(c2)OCCO3)C2CC2)CC1. The summed E-state index contributed by atoms with van der Waals surface area (Å²) in [6.07, 6.45) is 10.0. The Hall–Kier alpha value is -1.71. The van der Waals surface area contributed by atoms with Gasteiger partial charge in [0.25, 0.3) is 0 Å². The number of nitrogens with zero attached hydrogens (tertiary/aromatic N) is 1. The lowest BCUT2D eigenvalue weighted by Gasteiger charge is -2.37. The fourth-order valence-corrected chi connectivity index (χ4v) is 4.51. The van der Waals surface area contributed by atoms with Crippen molar-refractivity contribution in [2.24, 2.45) is 5.92 Å². The van der Waals surface area contributed by atoms with Crippen molar-refractivity contribution >= 4 is 5.91 Å². The first kappa shape index (κ1) is 17.7. The van der Waals surface area contributed by atoms with Gasteiger partial charge in [-0.3, -0.25) is 4.79 Å². The molecule has 4 nitrogen and oxygen atoms in total. The van der Waals surface area contributed by atoms with Crippen LogP contribution in [-0.4, -0.2) is 36.1 Å². The molecule has 26 heavy (non-hydrogen) atoms. The molecule has 0 bridgehead atoms. The number of amides is 1. The van der Waals surface area contributed by atoms with Crippen molar-refractivity contribution in [2.45, 2.75) is 76.8 Å². The molecule has 2 fully saturated rings. The largest absolute Gasteiger partial charge is 0.486 e. The summed E-state index contributed by atoms with van der Waals surface area (Å²) in [6.45, 7) is 3.51. The predicted octanol–water partition coefficient (Wildman–Crippen LogP) is 4.35. The minimum atomic E-state index is 0.349. The minimum absolute atomic E-state index is 0.349. The van der Waals surface area contributed by atoms with Gasteiger partial charge in [-0.2, -0.15) is 0 Å². The monoisotopic (exact) mass is 357 g/mol. The Morgan fingerprint density at radius 3 is 2.31 bits per heavy atom. The topological polar surface area (TPSA) is 38.8 Å². The highest BCUT2D eigenvalue weighted by Crippen LogP contribution is 2.37. The summed E-state index contributed by atoms with van der Waals surface area (Å²) in [4.78, 5) is 15.3. The van der Waals surface area contributed by atoms with Crippen molar-refractivity contribution in [3.63, 3.8) is 0 Å². The fraction of sp³-hybridized carbons (Fsp3) is 0.682. The third-order valence-corrected chi connectivity index (χ3v) is 6.25. The van der Waals surface area contributed by atoms with Crippen LogP contribution in [0.3, 0.4) is 0 Å². The average molecular weight is 357 g/mol. The number of rotatable bonds is 6. The van der Waals surface area contributed by atoms with E-state index in [1.54, 1.807) is 0 Å². The smallest absolute Gasteiger partial charge is 0.223 e. The van der Waals surface area contributed by atoms with Gasteiger partial charge in [0.2, 0.25) is 5.91 Å². The molecular formula is C22H31NO3. The van der Waals surface area contributed by atoms with Crippen LogP contribution in [-0.2, 0) is 11.2 Å². The van der Waals surface area contributed by atoms with Crippen LogP contribution in [0.5, 0.6) is 11.5 Å². The molecule has 2 aliphatic carbocycles. The van der Waals surface area contributed by atoms with Gasteiger partial charge in [-0.25, -0.2) is 0 Å². The number of ether oxygens (including phenoxy) is 2. The molecule has 0 atom stereocenters. The molecule has 3 aliphatic rings. The Labute approximate surface area is 156 Å². The molecule has 4 rings (SSSR count). The fourth-order valence-electron chi connectivity index (χ4n) is 4.51. The Bertz CT molecular complexity index is 632. The Morgan fingerprint density at radius 1 is 1.00 bits per heavy atom. The van der Waals surface area contributed by atoms with Crippen LogP contribution in [0.2, 0.25) is 0 Å². The Balaban J connectivity index is 1.35. The number of hydrogen-bond acceptors (Lipinski definition) is 3. The van der Waals surface area contributed by atoms with E-state index in [2.05, 4.69) is 17.9 Å². The van der Waals surface area contributed by atoms with E-state index in [0.29, 0.717) is 37.6 Å². The molecule has 142 valence electrons. The summed E-state index contributed by atoms with van der Waals surface area (Å²) in [7, 11) is 0. The van der Waals surface area contributed by atoms with Crippen LogP contribution >= 0.6 is 0 Å². The minimum Gasteiger partial charge on any atom is -0.486 e. The summed E-state index contributed by atoms with van der Waals surface area (Å²) in [5.74, 6) is 2.86. The molecule has 1 aromatic rings. The van der Waals surface area contributed by atoms with Gasteiger partial charge in [-0.05, 0) is 68.6 Å². The van der Waals surface area contributed by atoms with E-state index in [9.17, 15) is 4.79 Å². The molecule has 0 spiro atoms. The van der Waals surface area contributed by atoms with Gasteiger partial charge in [0, 0.05) is 18.5 Å². The van der Waals surface area contributed by atoms with Crippen molar-refractivity contribution < 1.29 is 14.3 Å². The highest BCUT2D eigenvalue weighted by Gasteiger charge is 2.38. The molecule has 0 unspecified atom stereocenters. The number of benzene rings is 1. The van der Waals surface area contributed by atoms with Gasteiger partial charge >= 0.3 is 0 Å². The average Bonchev–Trinajstić information content (AvgIpc) is 3.52. The highest BCUT2D eigenvalue weighted by atomic mass is 16.6. The summed E-state index contributed by atoms with van der Waals surface area (Å²) in [5.41, 5.74) is 1.16. The molecule has 1 aromatic carbocycles. The van der Waals surface area contributed by atoms with E-state index in [4.69, 9.17) is 9.47 Å². The maximum Gasteiger partial charge on any atom is 0.223 e. The molecule has 0 aromatic heterocycles. The first-order valence-corrected chi connectivity index (χ1v) is 10.4. The van der Waals surface area contributed by atoms with Gasteiger partial charge in [-0.1, -0.05) is 19.4 Å². The molecule has 2 saturated carbocycles. The van der Waals surface area contributed by atoms with E-state index in [1.807, 2.05) is 12.1 Å². The van der Waals surface area contributed by atoms with E-state index < -0.39 is 0 Å².